The molecule has 3 rings (SSSR count). The van der Waals surface area contributed by atoms with Crippen LogP contribution in [0.25, 0.3) is 0 Å². The third-order valence-corrected chi connectivity index (χ3v) is 5.82. The maximum absolute atomic E-state index is 13.0. The lowest BCUT2D eigenvalue weighted by atomic mass is 9.64. The summed E-state index contributed by atoms with van der Waals surface area (Å²) in [6.07, 6.45) is 2.12. The molecule has 0 aromatic heterocycles. The maximum atomic E-state index is 13.0. The van der Waals surface area contributed by atoms with Gasteiger partial charge in [-0.05, 0) is 48.8 Å². The zero-order valence-electron chi connectivity index (χ0n) is 15.5. The van der Waals surface area contributed by atoms with Gasteiger partial charge >= 0.3 is 12.0 Å². The quantitative estimate of drug-likeness (QED) is 0.420. The van der Waals surface area contributed by atoms with Crippen LogP contribution in [0.3, 0.4) is 0 Å². The third kappa shape index (κ3) is 4.14. The molecule has 0 unspecified atom stereocenters. The molecule has 1 aromatic carbocycles. The Morgan fingerprint density at radius 1 is 1.37 bits per heavy atom. The molecule has 1 spiro atoms. The van der Waals surface area contributed by atoms with Crippen LogP contribution < -0.4 is 10.1 Å². The minimum Gasteiger partial charge on any atom is -0.424 e. The summed E-state index contributed by atoms with van der Waals surface area (Å²) in [7, 11) is 0. The number of imide groups is 1. The molecule has 27 heavy (non-hydrogen) atoms. The van der Waals surface area contributed by atoms with Gasteiger partial charge in [0.25, 0.3) is 5.91 Å². The Hall–Kier alpha value is -1.60. The lowest BCUT2D eigenvalue weighted by molar-refractivity contribution is -0.142. The van der Waals surface area contributed by atoms with Crippen molar-refractivity contribution in [2.24, 2.45) is 11.3 Å². The normalized spacial score (nSPS) is 27.0. The van der Waals surface area contributed by atoms with Crippen LogP contribution in [0.1, 0.15) is 40.0 Å². The predicted octanol–water partition coefficient (Wildman–Crippen LogP) is 4.14. The molecular weight excluding hydrogens is 436 g/mol. The van der Waals surface area contributed by atoms with Crippen LogP contribution in [0.5, 0.6) is 5.75 Å². The molecular formula is C19H22BrClN2O4. The van der Waals surface area contributed by atoms with Crippen molar-refractivity contribution >= 4 is 45.4 Å². The zero-order valence-corrected chi connectivity index (χ0v) is 17.8. The summed E-state index contributed by atoms with van der Waals surface area (Å²) >= 11 is 9.32. The first-order valence-corrected chi connectivity index (χ1v) is 9.98. The number of ether oxygens (including phenoxy) is 1. The molecule has 1 heterocycles. The van der Waals surface area contributed by atoms with Gasteiger partial charge in [0.2, 0.25) is 0 Å². The van der Waals surface area contributed by atoms with E-state index in [9.17, 15) is 14.4 Å². The first-order valence-electron chi connectivity index (χ1n) is 8.81. The Bertz CT molecular complexity index is 813. The number of esters is 1. The lowest BCUT2D eigenvalue weighted by Crippen LogP contribution is -2.54. The second-order valence-corrected chi connectivity index (χ2v) is 9.63. The largest absolute Gasteiger partial charge is 0.424 e. The highest BCUT2D eigenvalue weighted by Gasteiger charge is 2.56. The molecule has 1 saturated heterocycles. The van der Waals surface area contributed by atoms with Gasteiger partial charge in [0.15, 0.2) is 0 Å². The van der Waals surface area contributed by atoms with Crippen LogP contribution in [0.4, 0.5) is 4.79 Å². The average molecular weight is 458 g/mol. The van der Waals surface area contributed by atoms with E-state index in [4.69, 9.17) is 16.3 Å². The summed E-state index contributed by atoms with van der Waals surface area (Å²) in [6.45, 7) is 5.81. The van der Waals surface area contributed by atoms with Crippen LogP contribution in [-0.4, -0.2) is 34.9 Å². The first-order chi connectivity index (χ1) is 12.5. The lowest BCUT2D eigenvalue weighted by Gasteiger charge is -2.43. The van der Waals surface area contributed by atoms with Gasteiger partial charge in [-0.2, -0.15) is 0 Å². The average Bonchev–Trinajstić information content (AvgIpc) is 2.72. The van der Waals surface area contributed by atoms with Crippen molar-refractivity contribution in [3.63, 3.8) is 0 Å². The zero-order chi connectivity index (χ0) is 20.0. The minimum absolute atomic E-state index is 0.0674. The summed E-state index contributed by atoms with van der Waals surface area (Å²) in [5.41, 5.74) is -1.00. The number of nitrogens with one attached hydrogen (secondary N) is 1. The topological polar surface area (TPSA) is 75.7 Å². The maximum Gasteiger partial charge on any atom is 0.331 e. The van der Waals surface area contributed by atoms with E-state index in [1.54, 1.807) is 18.2 Å². The first kappa shape index (κ1) is 20.1. The number of urea groups is 1. The Morgan fingerprint density at radius 2 is 2.07 bits per heavy atom. The smallest absolute Gasteiger partial charge is 0.331 e. The highest BCUT2D eigenvalue weighted by Crippen LogP contribution is 2.46. The van der Waals surface area contributed by atoms with E-state index in [1.165, 1.54) is 0 Å². The minimum atomic E-state index is -0.937. The number of carbonyl (C=O) groups is 3. The fraction of sp³-hybridized carbons (Fsp3) is 0.526. The Kier molecular flexibility index (Phi) is 5.29. The van der Waals surface area contributed by atoms with Crippen LogP contribution in [0, 0.1) is 11.3 Å². The Morgan fingerprint density at radius 3 is 2.70 bits per heavy atom. The molecule has 146 valence electrons. The molecule has 1 N–H and O–H groups in total. The number of benzene rings is 1. The van der Waals surface area contributed by atoms with Gasteiger partial charge in [-0.1, -0.05) is 48.3 Å². The molecule has 1 aliphatic heterocycles. The Labute approximate surface area is 171 Å². The van der Waals surface area contributed by atoms with Crippen molar-refractivity contribution in [2.75, 3.05) is 6.54 Å². The van der Waals surface area contributed by atoms with Crippen LogP contribution in [-0.2, 0) is 9.59 Å². The summed E-state index contributed by atoms with van der Waals surface area (Å²) in [6, 6.07) is 4.27. The Balaban J connectivity index is 1.73. The molecule has 6 nitrogen and oxygen atoms in total. The van der Waals surface area contributed by atoms with Gasteiger partial charge < -0.3 is 10.1 Å². The van der Waals surface area contributed by atoms with Crippen molar-refractivity contribution in [3.05, 3.63) is 27.7 Å². The van der Waals surface area contributed by atoms with Gasteiger partial charge in [-0.15, -0.1) is 0 Å². The van der Waals surface area contributed by atoms with Crippen molar-refractivity contribution in [2.45, 2.75) is 45.6 Å². The molecule has 8 heteroatoms. The van der Waals surface area contributed by atoms with Crippen molar-refractivity contribution in [3.8, 4) is 5.75 Å². The number of carbonyl (C=O) groups excluding carboxylic acids is 3. The fourth-order valence-corrected chi connectivity index (χ4v) is 5.20. The number of amides is 3. The number of nitrogens with zero attached hydrogens (tertiary/aromatic N) is 1. The summed E-state index contributed by atoms with van der Waals surface area (Å²) in [5.74, 6) is -0.598. The van der Waals surface area contributed by atoms with Crippen LogP contribution >= 0.6 is 27.5 Å². The molecule has 1 aliphatic carbocycles. The van der Waals surface area contributed by atoms with Gasteiger partial charge in [-0.3, -0.25) is 9.69 Å². The van der Waals surface area contributed by atoms with E-state index in [1.807, 2.05) is 0 Å². The van der Waals surface area contributed by atoms with E-state index in [2.05, 4.69) is 42.0 Å². The van der Waals surface area contributed by atoms with Crippen LogP contribution in [0.2, 0.25) is 5.02 Å². The van der Waals surface area contributed by atoms with E-state index < -0.39 is 24.1 Å². The van der Waals surface area contributed by atoms with E-state index in [-0.39, 0.29) is 22.1 Å². The molecule has 1 saturated carbocycles. The standard InChI is InChI=1S/C19H22BrClN2O4/c1-11-7-18(2,3)10-19(8-11)16(25)23(17(26)22-19)9-15(24)27-14-5-4-12(20)6-13(14)21/h4-6,11H,7-10H2,1-3H3,(H,22,26)/t11-,19+/m1/s1. The number of rotatable bonds is 3. The van der Waals surface area contributed by atoms with Gasteiger partial charge in [0, 0.05) is 4.47 Å². The second kappa shape index (κ2) is 7.09. The van der Waals surface area contributed by atoms with Crippen LogP contribution in [0.15, 0.2) is 22.7 Å². The highest BCUT2D eigenvalue weighted by atomic mass is 79.9. The van der Waals surface area contributed by atoms with Gasteiger partial charge in [-0.25, -0.2) is 9.59 Å². The van der Waals surface area contributed by atoms with Gasteiger partial charge in [0.05, 0.1) is 5.02 Å². The molecule has 1 aromatic rings. The molecule has 2 fully saturated rings. The molecule has 0 radical (unpaired) electrons. The number of hydrogen-bond acceptors (Lipinski definition) is 4. The van der Waals surface area contributed by atoms with Crippen molar-refractivity contribution in [1.29, 1.82) is 0 Å². The fourth-order valence-electron chi connectivity index (χ4n) is 4.49. The molecule has 2 atom stereocenters. The summed E-state index contributed by atoms with van der Waals surface area (Å²) in [4.78, 5) is 38.7. The molecule has 0 bridgehead atoms. The number of hydrogen-bond donors (Lipinski definition) is 1. The van der Waals surface area contributed by atoms with Crippen molar-refractivity contribution < 1.29 is 19.1 Å². The SMILES string of the molecule is C[C@@H]1CC(C)(C)C[C@]2(C1)NC(=O)N(CC(=O)Oc1ccc(Br)cc1Cl)C2=O. The summed E-state index contributed by atoms with van der Waals surface area (Å²) in [5, 5.41) is 3.10. The second-order valence-electron chi connectivity index (χ2n) is 8.31. The van der Waals surface area contributed by atoms with E-state index in [0.29, 0.717) is 18.8 Å². The number of halogens is 2. The van der Waals surface area contributed by atoms with Gasteiger partial charge in [0.1, 0.15) is 17.8 Å². The highest BCUT2D eigenvalue weighted by molar-refractivity contribution is 9.10. The van der Waals surface area contributed by atoms with Crippen molar-refractivity contribution in [1.82, 2.24) is 10.2 Å². The van der Waals surface area contributed by atoms with E-state index >= 15 is 0 Å². The predicted molar refractivity (Wildman–Crippen MR) is 105 cm³/mol. The monoisotopic (exact) mass is 456 g/mol. The molecule has 2 aliphatic rings. The summed E-state index contributed by atoms with van der Waals surface area (Å²) < 4.78 is 5.98. The van der Waals surface area contributed by atoms with E-state index in [0.717, 1.165) is 15.8 Å². The third-order valence-electron chi connectivity index (χ3n) is 5.03. The molecule has 3 amide bonds.